The van der Waals surface area contributed by atoms with Crippen molar-refractivity contribution >= 4 is 5.84 Å². The highest BCUT2D eigenvalue weighted by atomic mass is 19.1. The van der Waals surface area contributed by atoms with Crippen molar-refractivity contribution in [3.05, 3.63) is 47.9 Å². The fraction of sp³-hybridized carbons (Fsp3) is 0.100. The van der Waals surface area contributed by atoms with Crippen LogP contribution in [0.4, 0.5) is 4.39 Å². The molecule has 0 spiro atoms. The lowest BCUT2D eigenvalue weighted by molar-refractivity contribution is 0.627. The van der Waals surface area contributed by atoms with Gasteiger partial charge in [0.15, 0.2) is 0 Å². The van der Waals surface area contributed by atoms with Gasteiger partial charge in [-0.15, -0.1) is 0 Å². The van der Waals surface area contributed by atoms with Crippen LogP contribution in [0.1, 0.15) is 5.56 Å². The van der Waals surface area contributed by atoms with E-state index in [1.54, 1.807) is 12.1 Å². The smallest absolute Gasteiger partial charge is 0.123 e. The maximum atomic E-state index is 12.5. The molecule has 0 amide bonds. The normalized spacial score (nSPS) is 12.2. The van der Waals surface area contributed by atoms with E-state index < -0.39 is 0 Å². The number of nitrogens with zero attached hydrogens (tertiary/aromatic N) is 1. The number of nitrogens with two attached hydrogens (primary N) is 2. The van der Waals surface area contributed by atoms with E-state index in [0.29, 0.717) is 12.4 Å². The molecule has 1 rings (SSSR count). The third-order valence-corrected chi connectivity index (χ3v) is 1.62. The number of hydrogen-bond donors (Lipinski definition) is 2. The zero-order chi connectivity index (χ0) is 10.4. The molecular weight excluding hydrogens is 181 g/mol. The summed E-state index contributed by atoms with van der Waals surface area (Å²) in [5.41, 5.74) is 11.5. The predicted molar refractivity (Wildman–Crippen MR) is 55.1 cm³/mol. The Labute approximate surface area is 81.9 Å². The lowest BCUT2D eigenvalue weighted by atomic mass is 10.2. The SMILES string of the molecule is N/C=C\C(N)=NCc1ccc(F)cc1. The first-order valence-electron chi connectivity index (χ1n) is 4.15. The predicted octanol–water partition coefficient (Wildman–Crippen LogP) is 1.16. The molecule has 4 N–H and O–H groups in total. The van der Waals surface area contributed by atoms with Gasteiger partial charge >= 0.3 is 0 Å². The van der Waals surface area contributed by atoms with Gasteiger partial charge in [-0.05, 0) is 30.0 Å². The van der Waals surface area contributed by atoms with Crippen LogP contribution in [0.3, 0.4) is 0 Å². The highest BCUT2D eigenvalue weighted by molar-refractivity contribution is 5.91. The van der Waals surface area contributed by atoms with E-state index in [0.717, 1.165) is 5.56 Å². The van der Waals surface area contributed by atoms with Crippen LogP contribution >= 0.6 is 0 Å². The van der Waals surface area contributed by atoms with Gasteiger partial charge in [0.2, 0.25) is 0 Å². The molecule has 0 bridgehead atoms. The van der Waals surface area contributed by atoms with E-state index in [-0.39, 0.29) is 5.82 Å². The zero-order valence-electron chi connectivity index (χ0n) is 7.65. The van der Waals surface area contributed by atoms with Gasteiger partial charge in [-0.2, -0.15) is 0 Å². The summed E-state index contributed by atoms with van der Waals surface area (Å²) in [6.07, 6.45) is 2.83. The van der Waals surface area contributed by atoms with E-state index in [2.05, 4.69) is 4.99 Å². The average molecular weight is 193 g/mol. The summed E-state index contributed by atoms with van der Waals surface area (Å²) in [6.45, 7) is 0.427. The van der Waals surface area contributed by atoms with Crippen molar-refractivity contribution in [3.63, 3.8) is 0 Å². The Hall–Kier alpha value is -1.84. The molecule has 74 valence electrons. The summed E-state index contributed by atoms with van der Waals surface area (Å²) in [5.74, 6) is 0.101. The Bertz CT molecular complexity index is 341. The van der Waals surface area contributed by atoms with Crippen molar-refractivity contribution in [2.75, 3.05) is 0 Å². The Morgan fingerprint density at radius 3 is 2.57 bits per heavy atom. The molecule has 14 heavy (non-hydrogen) atoms. The van der Waals surface area contributed by atoms with Gasteiger partial charge < -0.3 is 11.5 Å². The van der Waals surface area contributed by atoms with E-state index in [4.69, 9.17) is 11.5 Å². The largest absolute Gasteiger partial charge is 0.404 e. The third-order valence-electron chi connectivity index (χ3n) is 1.62. The van der Waals surface area contributed by atoms with E-state index >= 15 is 0 Å². The van der Waals surface area contributed by atoms with Crippen molar-refractivity contribution in [2.24, 2.45) is 16.5 Å². The van der Waals surface area contributed by atoms with Gasteiger partial charge in [-0.25, -0.2) is 4.39 Å². The van der Waals surface area contributed by atoms with Crippen LogP contribution in [0, 0.1) is 5.82 Å². The highest BCUT2D eigenvalue weighted by Crippen LogP contribution is 2.03. The average Bonchev–Trinajstić information content (AvgIpc) is 2.17. The summed E-state index contributed by atoms with van der Waals surface area (Å²) in [6, 6.07) is 6.11. The maximum Gasteiger partial charge on any atom is 0.123 e. The topological polar surface area (TPSA) is 64.4 Å². The molecule has 3 nitrogen and oxygen atoms in total. The number of halogens is 1. The number of aliphatic imine (C=N–C) groups is 1. The van der Waals surface area contributed by atoms with E-state index in [9.17, 15) is 4.39 Å². The van der Waals surface area contributed by atoms with Crippen LogP contribution in [0.25, 0.3) is 0 Å². The van der Waals surface area contributed by atoms with Gasteiger partial charge in [-0.1, -0.05) is 12.1 Å². The minimum Gasteiger partial charge on any atom is -0.404 e. The lowest BCUT2D eigenvalue weighted by Crippen LogP contribution is -2.08. The van der Waals surface area contributed by atoms with Crippen LogP contribution < -0.4 is 11.5 Å². The van der Waals surface area contributed by atoms with E-state index in [1.165, 1.54) is 24.4 Å². The molecule has 0 aliphatic rings. The number of hydrogen-bond acceptors (Lipinski definition) is 2. The second-order valence-electron chi connectivity index (χ2n) is 2.73. The highest BCUT2D eigenvalue weighted by Gasteiger charge is 1.92. The monoisotopic (exact) mass is 193 g/mol. The summed E-state index contributed by atoms with van der Waals surface area (Å²) >= 11 is 0. The molecule has 0 fully saturated rings. The van der Waals surface area contributed by atoms with Crippen molar-refractivity contribution in [3.8, 4) is 0 Å². The van der Waals surface area contributed by atoms with Crippen molar-refractivity contribution < 1.29 is 4.39 Å². The fourth-order valence-corrected chi connectivity index (χ4v) is 0.924. The Morgan fingerprint density at radius 2 is 2.00 bits per heavy atom. The van der Waals surface area contributed by atoms with Crippen LogP contribution in [0.2, 0.25) is 0 Å². The minimum atomic E-state index is -0.257. The molecule has 0 saturated heterocycles. The molecule has 0 aliphatic heterocycles. The zero-order valence-corrected chi connectivity index (χ0v) is 7.65. The number of amidine groups is 1. The molecule has 0 radical (unpaired) electrons. The lowest BCUT2D eigenvalue weighted by Gasteiger charge is -1.96. The van der Waals surface area contributed by atoms with Crippen LogP contribution in [-0.2, 0) is 6.54 Å². The van der Waals surface area contributed by atoms with Gasteiger partial charge in [0.25, 0.3) is 0 Å². The molecule has 0 unspecified atom stereocenters. The molecule has 0 atom stereocenters. The molecule has 0 heterocycles. The Kier molecular flexibility index (Phi) is 3.67. The van der Waals surface area contributed by atoms with Crippen molar-refractivity contribution in [1.82, 2.24) is 0 Å². The Morgan fingerprint density at radius 1 is 1.36 bits per heavy atom. The summed E-state index contributed by atoms with van der Waals surface area (Å²) in [7, 11) is 0. The standard InChI is InChI=1S/C10H12FN3/c11-9-3-1-8(2-4-9)7-14-10(13)5-6-12/h1-6H,7,12H2,(H2,13,14)/b6-5-. The molecule has 0 aromatic heterocycles. The molecule has 1 aromatic carbocycles. The fourth-order valence-electron chi connectivity index (χ4n) is 0.924. The van der Waals surface area contributed by atoms with Crippen LogP contribution in [0.5, 0.6) is 0 Å². The second kappa shape index (κ2) is 5.01. The quantitative estimate of drug-likeness (QED) is 0.558. The minimum absolute atomic E-state index is 0.257. The summed E-state index contributed by atoms with van der Waals surface area (Å²) in [4.78, 5) is 4.02. The summed E-state index contributed by atoms with van der Waals surface area (Å²) in [5, 5.41) is 0. The first-order chi connectivity index (χ1) is 6.72. The molecule has 1 aromatic rings. The van der Waals surface area contributed by atoms with Gasteiger partial charge in [0, 0.05) is 0 Å². The van der Waals surface area contributed by atoms with Crippen LogP contribution in [0.15, 0.2) is 41.5 Å². The molecule has 0 saturated carbocycles. The Balaban J connectivity index is 2.61. The maximum absolute atomic E-state index is 12.5. The molecular formula is C10H12FN3. The van der Waals surface area contributed by atoms with Gasteiger partial charge in [0.05, 0.1) is 6.54 Å². The third kappa shape index (κ3) is 3.26. The van der Waals surface area contributed by atoms with Crippen LogP contribution in [-0.4, -0.2) is 5.84 Å². The van der Waals surface area contributed by atoms with Gasteiger partial charge in [0.1, 0.15) is 11.7 Å². The van der Waals surface area contributed by atoms with Crippen molar-refractivity contribution in [2.45, 2.75) is 6.54 Å². The number of benzene rings is 1. The van der Waals surface area contributed by atoms with E-state index in [1.807, 2.05) is 0 Å². The molecule has 4 heteroatoms. The molecule has 0 aliphatic carbocycles. The summed E-state index contributed by atoms with van der Waals surface area (Å²) < 4.78 is 12.5. The first-order valence-corrected chi connectivity index (χ1v) is 4.15. The second-order valence-corrected chi connectivity index (χ2v) is 2.73. The van der Waals surface area contributed by atoms with Gasteiger partial charge in [-0.3, -0.25) is 4.99 Å². The first kappa shape index (κ1) is 10.2. The van der Waals surface area contributed by atoms with Crippen molar-refractivity contribution in [1.29, 1.82) is 0 Å². The number of rotatable bonds is 3.